The van der Waals surface area contributed by atoms with Gasteiger partial charge in [0.25, 0.3) is 5.56 Å². The average molecular weight is 256 g/mol. The molecule has 0 unspecified atom stereocenters. The Kier molecular flexibility index (Phi) is 2.28. The van der Waals surface area contributed by atoms with E-state index in [1.807, 2.05) is 19.1 Å². The van der Waals surface area contributed by atoms with Gasteiger partial charge >= 0.3 is 5.69 Å². The number of fused-ring (bicyclic) bond motifs is 2. The Morgan fingerprint density at radius 3 is 2.47 bits per heavy atom. The van der Waals surface area contributed by atoms with E-state index in [4.69, 9.17) is 0 Å². The summed E-state index contributed by atoms with van der Waals surface area (Å²) in [5, 5.41) is 0. The van der Waals surface area contributed by atoms with Crippen molar-refractivity contribution in [1.82, 2.24) is 19.1 Å². The van der Waals surface area contributed by atoms with E-state index in [-0.39, 0.29) is 5.52 Å². The standard InChI is InChI=1S/C13H12N4O2/c1-7-5-4-6-8-9(7)15-11-10(14-8)12(18)17(3)13(19)16(11)2/h4-6H,1-3H3. The molecule has 0 radical (unpaired) electrons. The van der Waals surface area contributed by atoms with Gasteiger partial charge in [0.1, 0.15) is 0 Å². The predicted octanol–water partition coefficient (Wildman–Crippen LogP) is 0.489. The lowest BCUT2D eigenvalue weighted by Gasteiger charge is -2.08. The molecule has 0 spiro atoms. The zero-order valence-corrected chi connectivity index (χ0v) is 10.8. The summed E-state index contributed by atoms with van der Waals surface area (Å²) in [6, 6.07) is 5.59. The molecule has 0 amide bonds. The second-order valence-electron chi connectivity index (χ2n) is 4.54. The first-order valence-corrected chi connectivity index (χ1v) is 5.84. The highest BCUT2D eigenvalue weighted by Gasteiger charge is 2.12. The van der Waals surface area contributed by atoms with Crippen molar-refractivity contribution in [3.63, 3.8) is 0 Å². The van der Waals surface area contributed by atoms with Crippen LogP contribution in [-0.2, 0) is 14.1 Å². The minimum absolute atomic E-state index is 0.211. The highest BCUT2D eigenvalue weighted by atomic mass is 16.2. The first-order valence-electron chi connectivity index (χ1n) is 5.84. The van der Waals surface area contributed by atoms with E-state index < -0.39 is 11.2 Å². The lowest BCUT2D eigenvalue weighted by atomic mass is 10.2. The molecule has 0 N–H and O–H groups in total. The van der Waals surface area contributed by atoms with E-state index in [1.54, 1.807) is 13.1 Å². The van der Waals surface area contributed by atoms with Gasteiger partial charge in [0, 0.05) is 14.1 Å². The van der Waals surface area contributed by atoms with Crippen molar-refractivity contribution in [1.29, 1.82) is 0 Å². The molecule has 96 valence electrons. The summed E-state index contributed by atoms with van der Waals surface area (Å²) in [6.45, 7) is 1.92. The number of hydrogen-bond acceptors (Lipinski definition) is 4. The van der Waals surface area contributed by atoms with Gasteiger partial charge in [-0.25, -0.2) is 14.8 Å². The fraction of sp³-hybridized carbons (Fsp3) is 0.231. The van der Waals surface area contributed by atoms with Crippen LogP contribution in [0.1, 0.15) is 5.56 Å². The summed E-state index contributed by atoms with van der Waals surface area (Å²) in [5.41, 5.74) is 2.02. The smallest absolute Gasteiger partial charge is 0.279 e. The van der Waals surface area contributed by atoms with Crippen LogP contribution in [0.25, 0.3) is 22.2 Å². The summed E-state index contributed by atoms with van der Waals surface area (Å²) in [5.74, 6) is 0. The van der Waals surface area contributed by atoms with Crippen molar-refractivity contribution in [3.05, 3.63) is 44.6 Å². The van der Waals surface area contributed by atoms with Crippen LogP contribution in [0, 0.1) is 6.92 Å². The Hall–Kier alpha value is -2.50. The van der Waals surface area contributed by atoms with Gasteiger partial charge in [-0.3, -0.25) is 13.9 Å². The summed E-state index contributed by atoms with van der Waals surface area (Å²) < 4.78 is 2.38. The minimum Gasteiger partial charge on any atom is -0.279 e. The highest BCUT2D eigenvalue weighted by molar-refractivity contribution is 5.85. The van der Waals surface area contributed by atoms with Gasteiger partial charge in [-0.15, -0.1) is 0 Å². The Labute approximate surface area is 108 Å². The molecule has 0 saturated heterocycles. The molecule has 0 fully saturated rings. The summed E-state index contributed by atoms with van der Waals surface area (Å²) >= 11 is 0. The fourth-order valence-corrected chi connectivity index (χ4v) is 2.15. The number of nitrogens with zero attached hydrogens (tertiary/aromatic N) is 4. The molecule has 0 aliphatic carbocycles. The van der Waals surface area contributed by atoms with Gasteiger partial charge in [0.05, 0.1) is 11.0 Å². The second-order valence-corrected chi connectivity index (χ2v) is 4.54. The van der Waals surface area contributed by atoms with Crippen molar-refractivity contribution in [2.75, 3.05) is 0 Å². The third-order valence-corrected chi connectivity index (χ3v) is 3.28. The van der Waals surface area contributed by atoms with E-state index in [2.05, 4.69) is 9.97 Å². The summed E-state index contributed by atoms with van der Waals surface area (Å²) in [4.78, 5) is 32.7. The quantitative estimate of drug-likeness (QED) is 0.549. The maximum Gasteiger partial charge on any atom is 0.332 e. The van der Waals surface area contributed by atoms with Gasteiger partial charge in [-0.2, -0.15) is 0 Å². The molecule has 6 nitrogen and oxygen atoms in total. The molecule has 19 heavy (non-hydrogen) atoms. The van der Waals surface area contributed by atoms with Gasteiger partial charge in [-0.1, -0.05) is 12.1 Å². The molecule has 0 saturated carbocycles. The van der Waals surface area contributed by atoms with Crippen LogP contribution in [0.4, 0.5) is 0 Å². The van der Waals surface area contributed by atoms with Crippen LogP contribution in [0.2, 0.25) is 0 Å². The van der Waals surface area contributed by atoms with Gasteiger partial charge in [0.15, 0.2) is 11.2 Å². The number of benzene rings is 1. The van der Waals surface area contributed by atoms with Crippen LogP contribution in [0.5, 0.6) is 0 Å². The van der Waals surface area contributed by atoms with E-state index in [1.165, 1.54) is 11.6 Å². The molecule has 2 heterocycles. The first-order chi connectivity index (χ1) is 9.00. The molecular weight excluding hydrogens is 244 g/mol. The van der Waals surface area contributed by atoms with E-state index in [0.29, 0.717) is 16.7 Å². The van der Waals surface area contributed by atoms with Gasteiger partial charge in [0.2, 0.25) is 0 Å². The molecular formula is C13H12N4O2. The zero-order valence-electron chi connectivity index (χ0n) is 10.8. The lowest BCUT2D eigenvalue weighted by Crippen LogP contribution is -2.37. The highest BCUT2D eigenvalue weighted by Crippen LogP contribution is 2.15. The molecule has 0 aliphatic rings. The molecule has 3 aromatic rings. The Balaban J connectivity index is 2.67. The topological polar surface area (TPSA) is 69.8 Å². The monoisotopic (exact) mass is 256 g/mol. The largest absolute Gasteiger partial charge is 0.332 e. The van der Waals surface area contributed by atoms with Crippen LogP contribution >= 0.6 is 0 Å². The lowest BCUT2D eigenvalue weighted by molar-refractivity contribution is 0.706. The number of aryl methyl sites for hydroxylation is 2. The first kappa shape index (κ1) is 11.6. The zero-order chi connectivity index (χ0) is 13.7. The van der Waals surface area contributed by atoms with Crippen LogP contribution < -0.4 is 11.2 Å². The van der Waals surface area contributed by atoms with Crippen molar-refractivity contribution in [2.45, 2.75) is 6.92 Å². The van der Waals surface area contributed by atoms with Gasteiger partial charge < -0.3 is 0 Å². The van der Waals surface area contributed by atoms with Crippen molar-refractivity contribution in [3.8, 4) is 0 Å². The Morgan fingerprint density at radius 2 is 1.74 bits per heavy atom. The SMILES string of the molecule is Cc1cccc2nc3c(=O)n(C)c(=O)n(C)c3nc12. The number of para-hydroxylation sites is 1. The normalized spacial score (nSPS) is 11.3. The Bertz CT molecular complexity index is 937. The van der Waals surface area contributed by atoms with Crippen molar-refractivity contribution in [2.24, 2.45) is 14.1 Å². The number of hydrogen-bond donors (Lipinski definition) is 0. The Morgan fingerprint density at radius 1 is 1.00 bits per heavy atom. The minimum atomic E-state index is -0.422. The van der Waals surface area contributed by atoms with Crippen molar-refractivity contribution >= 4 is 22.2 Å². The van der Waals surface area contributed by atoms with Crippen molar-refractivity contribution < 1.29 is 0 Å². The molecule has 0 aliphatic heterocycles. The number of rotatable bonds is 0. The fourth-order valence-electron chi connectivity index (χ4n) is 2.15. The van der Waals surface area contributed by atoms with Crippen LogP contribution in [0.15, 0.2) is 27.8 Å². The maximum absolute atomic E-state index is 12.1. The molecule has 0 atom stereocenters. The average Bonchev–Trinajstić information content (AvgIpc) is 2.42. The van der Waals surface area contributed by atoms with Crippen LogP contribution in [0.3, 0.4) is 0 Å². The maximum atomic E-state index is 12.1. The molecule has 2 aromatic heterocycles. The predicted molar refractivity (Wildman–Crippen MR) is 72.3 cm³/mol. The third kappa shape index (κ3) is 1.49. The molecule has 0 bridgehead atoms. The summed E-state index contributed by atoms with van der Waals surface area (Å²) in [6.07, 6.45) is 0. The van der Waals surface area contributed by atoms with Gasteiger partial charge in [-0.05, 0) is 18.6 Å². The molecule has 3 rings (SSSR count). The third-order valence-electron chi connectivity index (χ3n) is 3.28. The van der Waals surface area contributed by atoms with E-state index in [9.17, 15) is 9.59 Å². The van der Waals surface area contributed by atoms with E-state index >= 15 is 0 Å². The number of aromatic nitrogens is 4. The van der Waals surface area contributed by atoms with E-state index in [0.717, 1.165) is 10.1 Å². The molecule has 6 heteroatoms. The summed E-state index contributed by atoms with van der Waals surface area (Å²) in [7, 11) is 3.02. The molecule has 1 aromatic carbocycles. The van der Waals surface area contributed by atoms with Crippen LogP contribution in [-0.4, -0.2) is 19.1 Å². The second kappa shape index (κ2) is 3.74.